The summed E-state index contributed by atoms with van der Waals surface area (Å²) in [5, 5.41) is 17.2. The number of morpholine rings is 1. The van der Waals surface area contributed by atoms with Crippen molar-refractivity contribution < 1.29 is 13.9 Å². The second kappa shape index (κ2) is 8.43. The summed E-state index contributed by atoms with van der Waals surface area (Å²) in [5.41, 5.74) is 2.14. The van der Waals surface area contributed by atoms with Crippen LogP contribution in [-0.4, -0.2) is 25.7 Å². The van der Waals surface area contributed by atoms with Crippen molar-refractivity contribution in [2.24, 2.45) is 0 Å². The van der Waals surface area contributed by atoms with Crippen LogP contribution in [0.5, 0.6) is 0 Å². The zero-order valence-corrected chi connectivity index (χ0v) is 14.1. The fourth-order valence-corrected chi connectivity index (χ4v) is 2.71. The highest BCUT2D eigenvalue weighted by molar-refractivity contribution is 5.89. The number of hydrogen-bond acceptors (Lipinski definition) is 4. The summed E-state index contributed by atoms with van der Waals surface area (Å²) >= 11 is 0. The zero-order valence-electron chi connectivity index (χ0n) is 14.1. The molecule has 7 heteroatoms. The van der Waals surface area contributed by atoms with E-state index < -0.39 is 11.8 Å². The van der Waals surface area contributed by atoms with Gasteiger partial charge in [-0.15, -0.1) is 0 Å². The van der Waals surface area contributed by atoms with E-state index in [4.69, 9.17) is 10.00 Å². The minimum absolute atomic E-state index is 0.0980. The van der Waals surface area contributed by atoms with Gasteiger partial charge >= 0.3 is 6.03 Å². The number of halogens is 1. The van der Waals surface area contributed by atoms with Gasteiger partial charge in [-0.05, 0) is 35.4 Å². The lowest BCUT2D eigenvalue weighted by Crippen LogP contribution is -2.33. The van der Waals surface area contributed by atoms with Crippen molar-refractivity contribution in [3.8, 4) is 6.07 Å². The summed E-state index contributed by atoms with van der Waals surface area (Å²) in [6.07, 6.45) is -0.187. The molecule has 2 aromatic carbocycles. The molecule has 0 aromatic heterocycles. The van der Waals surface area contributed by atoms with Crippen LogP contribution in [0.3, 0.4) is 0 Å². The number of nitrogens with one attached hydrogen (secondary N) is 3. The Morgan fingerprint density at radius 2 is 2.23 bits per heavy atom. The number of hydrogen-bond donors (Lipinski definition) is 3. The fourth-order valence-electron chi connectivity index (χ4n) is 2.71. The minimum atomic E-state index is -0.519. The smallest absolute Gasteiger partial charge is 0.319 e. The van der Waals surface area contributed by atoms with Gasteiger partial charge < -0.3 is 20.7 Å². The van der Waals surface area contributed by atoms with Gasteiger partial charge in [-0.2, -0.15) is 5.26 Å². The quantitative estimate of drug-likeness (QED) is 0.788. The highest BCUT2D eigenvalue weighted by Crippen LogP contribution is 2.23. The van der Waals surface area contributed by atoms with E-state index in [-0.39, 0.29) is 18.3 Å². The highest BCUT2D eigenvalue weighted by Gasteiger charge is 2.17. The fraction of sp³-hybridized carbons (Fsp3) is 0.263. The molecule has 1 heterocycles. The minimum Gasteiger partial charge on any atom is -0.371 e. The number of carbonyl (C=O) groups excluding carboxylic acids is 1. The molecule has 0 bridgehead atoms. The standard InChI is InChI=1S/C19H19FN4O2/c20-16-9-15(18-12-22-6-7-26-18)4-5-17(16)24-19(25)23-11-14-3-1-2-13(8-14)10-21/h1-5,8-9,18,22H,6-7,11-12H2,(H2,23,24,25)/t18-/m0/s1. The molecule has 0 spiro atoms. The molecular formula is C19H19FN4O2. The lowest BCUT2D eigenvalue weighted by atomic mass is 10.1. The Balaban J connectivity index is 1.57. The third kappa shape index (κ3) is 4.57. The molecule has 26 heavy (non-hydrogen) atoms. The van der Waals surface area contributed by atoms with Crippen molar-refractivity contribution in [3.05, 3.63) is 65.0 Å². The topological polar surface area (TPSA) is 86.2 Å². The Bertz CT molecular complexity index is 829. The van der Waals surface area contributed by atoms with Crippen LogP contribution in [0.15, 0.2) is 42.5 Å². The van der Waals surface area contributed by atoms with E-state index in [9.17, 15) is 9.18 Å². The lowest BCUT2D eigenvalue weighted by molar-refractivity contribution is 0.0275. The van der Waals surface area contributed by atoms with Crippen LogP contribution < -0.4 is 16.0 Å². The average Bonchev–Trinajstić information content (AvgIpc) is 2.69. The summed E-state index contributed by atoms with van der Waals surface area (Å²) in [4.78, 5) is 12.0. The molecule has 1 fully saturated rings. The van der Waals surface area contributed by atoms with Crippen LogP contribution in [0, 0.1) is 17.1 Å². The number of anilines is 1. The number of ether oxygens (including phenoxy) is 1. The predicted octanol–water partition coefficient (Wildman–Crippen LogP) is 2.68. The third-order valence-corrected chi connectivity index (χ3v) is 4.05. The molecule has 0 saturated carbocycles. The number of amides is 2. The first kappa shape index (κ1) is 17.9. The second-order valence-corrected chi connectivity index (χ2v) is 5.92. The first-order valence-electron chi connectivity index (χ1n) is 8.31. The molecule has 1 aliphatic heterocycles. The molecule has 3 rings (SSSR count). The molecular weight excluding hydrogens is 335 g/mol. The first-order valence-corrected chi connectivity index (χ1v) is 8.31. The molecule has 0 aliphatic carbocycles. The number of urea groups is 1. The van der Waals surface area contributed by atoms with E-state index in [1.807, 2.05) is 6.07 Å². The summed E-state index contributed by atoms with van der Waals surface area (Å²) < 4.78 is 19.9. The molecule has 6 nitrogen and oxygen atoms in total. The number of nitrogens with zero attached hydrogens (tertiary/aromatic N) is 1. The van der Waals surface area contributed by atoms with E-state index in [0.29, 0.717) is 18.7 Å². The molecule has 0 radical (unpaired) electrons. The van der Waals surface area contributed by atoms with Gasteiger partial charge in [0.25, 0.3) is 0 Å². The molecule has 1 atom stereocenters. The van der Waals surface area contributed by atoms with Crippen LogP contribution >= 0.6 is 0 Å². The van der Waals surface area contributed by atoms with Crippen LogP contribution in [-0.2, 0) is 11.3 Å². The van der Waals surface area contributed by atoms with Crippen molar-refractivity contribution in [1.82, 2.24) is 10.6 Å². The first-order chi connectivity index (χ1) is 12.7. The molecule has 2 amide bonds. The van der Waals surface area contributed by atoms with Gasteiger partial charge in [-0.3, -0.25) is 0 Å². The Morgan fingerprint density at radius 3 is 2.96 bits per heavy atom. The maximum atomic E-state index is 14.3. The maximum Gasteiger partial charge on any atom is 0.319 e. The Labute approximate surface area is 151 Å². The van der Waals surface area contributed by atoms with Gasteiger partial charge in [-0.1, -0.05) is 18.2 Å². The summed E-state index contributed by atoms with van der Waals surface area (Å²) in [6, 6.07) is 13.1. The summed E-state index contributed by atoms with van der Waals surface area (Å²) in [6.45, 7) is 2.24. The third-order valence-electron chi connectivity index (χ3n) is 4.05. The molecule has 0 unspecified atom stereocenters. The molecule has 1 aliphatic rings. The van der Waals surface area contributed by atoms with Crippen molar-refractivity contribution in [3.63, 3.8) is 0 Å². The van der Waals surface area contributed by atoms with Gasteiger partial charge in [0.1, 0.15) is 5.82 Å². The maximum absolute atomic E-state index is 14.3. The molecule has 3 N–H and O–H groups in total. The summed E-state index contributed by atoms with van der Waals surface area (Å²) in [5.74, 6) is -0.515. The van der Waals surface area contributed by atoms with Crippen molar-refractivity contribution in [1.29, 1.82) is 5.26 Å². The van der Waals surface area contributed by atoms with Gasteiger partial charge in [0.05, 0.1) is 30.0 Å². The predicted molar refractivity (Wildman–Crippen MR) is 95.0 cm³/mol. The van der Waals surface area contributed by atoms with Crippen LogP contribution in [0.1, 0.15) is 22.8 Å². The zero-order chi connectivity index (χ0) is 18.4. The van der Waals surface area contributed by atoms with E-state index in [0.717, 1.165) is 17.7 Å². The van der Waals surface area contributed by atoms with Crippen molar-refractivity contribution in [2.75, 3.05) is 25.0 Å². The van der Waals surface area contributed by atoms with Crippen molar-refractivity contribution in [2.45, 2.75) is 12.6 Å². The number of benzene rings is 2. The van der Waals surface area contributed by atoms with Crippen LogP contribution in [0.25, 0.3) is 0 Å². The van der Waals surface area contributed by atoms with Gasteiger partial charge in [0, 0.05) is 19.6 Å². The van der Waals surface area contributed by atoms with E-state index in [2.05, 4.69) is 16.0 Å². The molecule has 2 aromatic rings. The normalized spacial score (nSPS) is 16.5. The van der Waals surface area contributed by atoms with E-state index in [1.54, 1.807) is 30.3 Å². The van der Waals surface area contributed by atoms with Crippen molar-refractivity contribution >= 4 is 11.7 Å². The molecule has 134 valence electrons. The van der Waals surface area contributed by atoms with E-state index in [1.165, 1.54) is 12.1 Å². The van der Waals surface area contributed by atoms with Gasteiger partial charge in [-0.25, -0.2) is 9.18 Å². The van der Waals surface area contributed by atoms with E-state index >= 15 is 0 Å². The van der Waals surface area contributed by atoms with Crippen LogP contribution in [0.2, 0.25) is 0 Å². The Morgan fingerprint density at radius 1 is 1.35 bits per heavy atom. The summed E-state index contributed by atoms with van der Waals surface area (Å²) in [7, 11) is 0. The van der Waals surface area contributed by atoms with Gasteiger partial charge in [0.15, 0.2) is 0 Å². The number of carbonyl (C=O) groups is 1. The lowest BCUT2D eigenvalue weighted by Gasteiger charge is -2.24. The second-order valence-electron chi connectivity index (χ2n) is 5.92. The van der Waals surface area contributed by atoms with Crippen LogP contribution in [0.4, 0.5) is 14.9 Å². The Hall–Kier alpha value is -2.95. The largest absolute Gasteiger partial charge is 0.371 e. The monoisotopic (exact) mass is 354 g/mol. The average molecular weight is 354 g/mol. The molecule has 1 saturated heterocycles. The Kier molecular flexibility index (Phi) is 5.79. The number of rotatable bonds is 4. The SMILES string of the molecule is N#Cc1cccc(CNC(=O)Nc2ccc([C@@H]3CNCCO3)cc2F)c1. The highest BCUT2D eigenvalue weighted by atomic mass is 19.1. The number of nitriles is 1. The van der Waals surface area contributed by atoms with Gasteiger partial charge in [0.2, 0.25) is 0 Å².